The minimum Gasteiger partial charge on any atom is -0.478 e. The van der Waals surface area contributed by atoms with Crippen LogP contribution in [0, 0.1) is 0 Å². The molecule has 3 heterocycles. The molecule has 5 rings (SSSR count). The average Bonchev–Trinajstić information content (AvgIpc) is 3.31. The number of rotatable bonds is 3. The zero-order valence-electron chi connectivity index (χ0n) is 13.9. The number of carbonyl (C=O) groups is 1. The number of fused-ring (bicyclic) bond motifs is 2. The van der Waals surface area contributed by atoms with E-state index in [1.807, 2.05) is 30.5 Å². The summed E-state index contributed by atoms with van der Waals surface area (Å²) < 4.78 is 1.04. The van der Waals surface area contributed by atoms with Gasteiger partial charge < -0.3 is 10.1 Å². The van der Waals surface area contributed by atoms with Gasteiger partial charge in [0.15, 0.2) is 0 Å². The Balaban J connectivity index is 1.64. The molecule has 2 N–H and O–H groups in total. The number of para-hydroxylation sites is 1. The Morgan fingerprint density at radius 2 is 1.85 bits per heavy atom. The van der Waals surface area contributed by atoms with Gasteiger partial charge in [0.2, 0.25) is 0 Å². The summed E-state index contributed by atoms with van der Waals surface area (Å²) in [5, 5.41) is 9.95. The molecule has 6 nitrogen and oxygen atoms in total. The Labute approximate surface area is 157 Å². The van der Waals surface area contributed by atoms with Crippen molar-refractivity contribution in [2.45, 2.75) is 0 Å². The monoisotopic (exact) mass is 372 g/mol. The molecule has 0 fully saturated rings. The number of imidazole rings is 1. The van der Waals surface area contributed by atoms with Gasteiger partial charge in [-0.1, -0.05) is 18.2 Å². The van der Waals surface area contributed by atoms with Gasteiger partial charge in [0, 0.05) is 23.5 Å². The van der Waals surface area contributed by atoms with Crippen LogP contribution in [0.3, 0.4) is 0 Å². The number of aromatic amines is 1. The molecule has 27 heavy (non-hydrogen) atoms. The smallest absolute Gasteiger partial charge is 0.335 e. The van der Waals surface area contributed by atoms with E-state index in [4.69, 9.17) is 10.1 Å². The van der Waals surface area contributed by atoms with Crippen LogP contribution in [-0.4, -0.2) is 31.0 Å². The van der Waals surface area contributed by atoms with Gasteiger partial charge in [-0.3, -0.25) is 4.98 Å². The van der Waals surface area contributed by atoms with Crippen molar-refractivity contribution in [2.24, 2.45) is 0 Å². The predicted molar refractivity (Wildman–Crippen MR) is 105 cm³/mol. The summed E-state index contributed by atoms with van der Waals surface area (Å²) in [4.78, 5) is 27.9. The molecule has 3 aromatic heterocycles. The van der Waals surface area contributed by atoms with E-state index in [1.54, 1.807) is 41.8 Å². The summed E-state index contributed by atoms with van der Waals surface area (Å²) in [5.74, 6) is -0.254. The lowest BCUT2D eigenvalue weighted by Gasteiger charge is -1.98. The second kappa shape index (κ2) is 6.00. The molecular formula is C20H12N4O2S. The molecule has 5 aromatic rings. The molecule has 0 aliphatic rings. The number of nitrogens with one attached hydrogen (secondary N) is 1. The third-order valence-corrected chi connectivity index (χ3v) is 5.38. The Morgan fingerprint density at radius 1 is 1.00 bits per heavy atom. The second-order valence-electron chi connectivity index (χ2n) is 6.03. The van der Waals surface area contributed by atoms with Crippen molar-refractivity contribution in [3.05, 3.63) is 66.5 Å². The molecular weight excluding hydrogens is 360 g/mol. The van der Waals surface area contributed by atoms with E-state index in [-0.39, 0.29) is 5.56 Å². The maximum Gasteiger partial charge on any atom is 0.335 e. The van der Waals surface area contributed by atoms with Crippen LogP contribution in [0.15, 0.2) is 60.9 Å². The number of hydrogen-bond acceptors (Lipinski definition) is 5. The standard InChI is InChI=1S/C20H12N4O2S/c25-20(26)12-6-4-11(5-7-12)18-22-15-3-1-2-13(17(15)24-18)19-23-14-8-9-21-10-16(14)27-19/h1-10H,(H,22,24)(H,25,26). The van der Waals surface area contributed by atoms with Gasteiger partial charge in [0.1, 0.15) is 10.8 Å². The topological polar surface area (TPSA) is 91.8 Å². The van der Waals surface area contributed by atoms with Gasteiger partial charge >= 0.3 is 5.97 Å². The number of H-pyrrole nitrogens is 1. The molecule has 0 bridgehead atoms. The van der Waals surface area contributed by atoms with E-state index in [9.17, 15) is 4.79 Å². The van der Waals surface area contributed by atoms with E-state index >= 15 is 0 Å². The predicted octanol–water partition coefficient (Wildman–Crippen LogP) is 4.60. The van der Waals surface area contributed by atoms with E-state index in [2.05, 4.69) is 15.0 Å². The molecule has 0 atom stereocenters. The molecule has 7 heteroatoms. The van der Waals surface area contributed by atoms with Gasteiger partial charge in [-0.15, -0.1) is 11.3 Å². The highest BCUT2D eigenvalue weighted by Crippen LogP contribution is 2.34. The molecule has 0 amide bonds. The fourth-order valence-electron chi connectivity index (χ4n) is 3.01. The Bertz CT molecular complexity index is 1270. The normalized spacial score (nSPS) is 11.3. The van der Waals surface area contributed by atoms with Crippen LogP contribution < -0.4 is 0 Å². The number of pyridine rings is 1. The first kappa shape index (κ1) is 15.7. The lowest BCUT2D eigenvalue weighted by molar-refractivity contribution is 0.0697. The Kier molecular flexibility index (Phi) is 3.48. The van der Waals surface area contributed by atoms with Crippen LogP contribution in [-0.2, 0) is 0 Å². The number of carboxylic acids is 1. The fraction of sp³-hybridized carbons (Fsp3) is 0. The zero-order chi connectivity index (χ0) is 18.4. The van der Waals surface area contributed by atoms with Crippen LogP contribution in [0.1, 0.15) is 10.4 Å². The fourth-order valence-corrected chi connectivity index (χ4v) is 3.98. The van der Waals surface area contributed by atoms with Gasteiger partial charge in [-0.05, 0) is 30.3 Å². The summed E-state index contributed by atoms with van der Waals surface area (Å²) in [6.07, 6.45) is 3.56. The highest BCUT2D eigenvalue weighted by Gasteiger charge is 2.14. The van der Waals surface area contributed by atoms with Gasteiger partial charge in [0.25, 0.3) is 0 Å². The average molecular weight is 372 g/mol. The number of benzene rings is 2. The largest absolute Gasteiger partial charge is 0.478 e. The Hall–Kier alpha value is -3.58. The molecule has 0 saturated heterocycles. The summed E-state index contributed by atoms with van der Waals surface area (Å²) in [7, 11) is 0. The van der Waals surface area contributed by atoms with Crippen molar-refractivity contribution in [3.8, 4) is 22.0 Å². The Morgan fingerprint density at radius 3 is 2.63 bits per heavy atom. The lowest BCUT2D eigenvalue weighted by atomic mass is 10.1. The van der Waals surface area contributed by atoms with Gasteiger partial charge in [0.05, 0.1) is 26.8 Å². The number of carboxylic acid groups (broad SMARTS) is 1. The number of nitrogens with zero attached hydrogens (tertiary/aromatic N) is 3. The van der Waals surface area contributed by atoms with Crippen molar-refractivity contribution in [3.63, 3.8) is 0 Å². The summed E-state index contributed by atoms with van der Waals surface area (Å²) in [5.41, 5.74) is 4.72. The molecule has 0 aliphatic carbocycles. The van der Waals surface area contributed by atoms with Crippen molar-refractivity contribution < 1.29 is 9.90 Å². The minimum atomic E-state index is -0.946. The molecule has 0 saturated carbocycles. The quantitative estimate of drug-likeness (QED) is 0.483. The number of aromatic carboxylic acids is 1. The van der Waals surface area contributed by atoms with E-state index < -0.39 is 5.97 Å². The third-order valence-electron chi connectivity index (χ3n) is 4.35. The summed E-state index contributed by atoms with van der Waals surface area (Å²) in [6.45, 7) is 0. The van der Waals surface area contributed by atoms with Crippen molar-refractivity contribution in [2.75, 3.05) is 0 Å². The third kappa shape index (κ3) is 2.65. The molecule has 0 radical (unpaired) electrons. The van der Waals surface area contributed by atoms with Crippen LogP contribution >= 0.6 is 11.3 Å². The van der Waals surface area contributed by atoms with E-state index in [0.717, 1.165) is 37.4 Å². The molecule has 0 aliphatic heterocycles. The van der Waals surface area contributed by atoms with Gasteiger partial charge in [-0.2, -0.15) is 0 Å². The van der Waals surface area contributed by atoms with Gasteiger partial charge in [-0.25, -0.2) is 14.8 Å². The number of hydrogen-bond donors (Lipinski definition) is 2. The minimum absolute atomic E-state index is 0.249. The molecule has 0 unspecified atom stereocenters. The van der Waals surface area contributed by atoms with Crippen LogP contribution in [0.4, 0.5) is 0 Å². The lowest BCUT2D eigenvalue weighted by Crippen LogP contribution is -1.95. The first-order valence-electron chi connectivity index (χ1n) is 8.22. The SMILES string of the molecule is O=C(O)c1ccc(-c2nc3cccc(-c4nc5ccncc5s4)c3[nH]2)cc1. The van der Waals surface area contributed by atoms with Crippen LogP contribution in [0.25, 0.3) is 43.2 Å². The molecule has 130 valence electrons. The highest BCUT2D eigenvalue weighted by molar-refractivity contribution is 7.21. The molecule has 2 aromatic carbocycles. The van der Waals surface area contributed by atoms with Crippen LogP contribution in [0.2, 0.25) is 0 Å². The maximum atomic E-state index is 11.0. The van der Waals surface area contributed by atoms with E-state index in [0.29, 0.717) is 5.82 Å². The maximum absolute atomic E-state index is 11.0. The first-order valence-corrected chi connectivity index (χ1v) is 9.04. The summed E-state index contributed by atoms with van der Waals surface area (Å²) in [6, 6.07) is 14.5. The van der Waals surface area contributed by atoms with Crippen molar-refractivity contribution >= 4 is 38.6 Å². The van der Waals surface area contributed by atoms with Crippen molar-refractivity contribution in [1.82, 2.24) is 19.9 Å². The number of thiazole rings is 1. The second-order valence-corrected chi connectivity index (χ2v) is 7.06. The highest BCUT2D eigenvalue weighted by atomic mass is 32.1. The number of aromatic nitrogens is 4. The first-order chi connectivity index (χ1) is 13.2. The molecule has 0 spiro atoms. The van der Waals surface area contributed by atoms with E-state index in [1.165, 1.54) is 0 Å². The van der Waals surface area contributed by atoms with Crippen LogP contribution in [0.5, 0.6) is 0 Å². The zero-order valence-corrected chi connectivity index (χ0v) is 14.7. The summed E-state index contributed by atoms with van der Waals surface area (Å²) >= 11 is 1.59. The van der Waals surface area contributed by atoms with Crippen molar-refractivity contribution in [1.29, 1.82) is 0 Å².